The van der Waals surface area contributed by atoms with Crippen LogP contribution in [0.15, 0.2) is 54.6 Å². The Hall–Kier alpha value is -2.88. The first kappa shape index (κ1) is 17.9. The zero-order valence-corrected chi connectivity index (χ0v) is 16.0. The van der Waals surface area contributed by atoms with E-state index in [-0.39, 0.29) is 0 Å². The van der Waals surface area contributed by atoms with Crippen LogP contribution in [-0.4, -0.2) is 16.5 Å². The molecular weight excluding hydrogens is 320 g/mol. The molecule has 1 aromatic heterocycles. The van der Waals surface area contributed by atoms with Gasteiger partial charge in [0, 0.05) is 30.5 Å². The molecule has 0 aliphatic heterocycles. The van der Waals surface area contributed by atoms with Crippen molar-refractivity contribution in [3.8, 4) is 0 Å². The number of nitrogens with zero attached hydrogens (tertiary/aromatic N) is 3. The Labute approximate surface area is 155 Å². The minimum absolute atomic E-state index is 0.659. The van der Waals surface area contributed by atoms with E-state index in [0.717, 1.165) is 23.7 Å². The largest absolute Gasteiger partial charge is 0.350 e. The van der Waals surface area contributed by atoms with Crippen molar-refractivity contribution in [2.24, 2.45) is 0 Å². The Kier molecular flexibility index (Phi) is 5.52. The van der Waals surface area contributed by atoms with Gasteiger partial charge in [0.05, 0.1) is 0 Å². The molecule has 3 rings (SSSR count). The van der Waals surface area contributed by atoms with Gasteiger partial charge in [0.2, 0.25) is 5.95 Å². The van der Waals surface area contributed by atoms with E-state index >= 15 is 0 Å². The molecule has 4 nitrogen and oxygen atoms in total. The second-order valence-corrected chi connectivity index (χ2v) is 6.61. The van der Waals surface area contributed by atoms with Crippen LogP contribution < -0.4 is 10.2 Å². The van der Waals surface area contributed by atoms with E-state index in [9.17, 15) is 0 Å². The van der Waals surface area contributed by atoms with E-state index in [1.807, 2.05) is 13.0 Å². The molecule has 134 valence electrons. The topological polar surface area (TPSA) is 41.1 Å². The molecule has 0 saturated carbocycles. The lowest BCUT2D eigenvalue weighted by molar-refractivity contribution is 0.954. The number of hydrogen-bond acceptors (Lipinski definition) is 4. The predicted molar refractivity (Wildman–Crippen MR) is 109 cm³/mol. The molecule has 0 atom stereocenters. The van der Waals surface area contributed by atoms with Gasteiger partial charge >= 0.3 is 0 Å². The van der Waals surface area contributed by atoms with Crippen LogP contribution in [0.5, 0.6) is 0 Å². The molecule has 1 heterocycles. The molecule has 0 bridgehead atoms. The maximum absolute atomic E-state index is 4.75. The molecule has 0 radical (unpaired) electrons. The van der Waals surface area contributed by atoms with E-state index < -0.39 is 0 Å². The lowest BCUT2D eigenvalue weighted by atomic mass is 10.1. The highest BCUT2D eigenvalue weighted by atomic mass is 15.2. The molecule has 0 aliphatic rings. The van der Waals surface area contributed by atoms with Crippen molar-refractivity contribution < 1.29 is 0 Å². The van der Waals surface area contributed by atoms with E-state index in [1.54, 1.807) is 0 Å². The van der Waals surface area contributed by atoms with Gasteiger partial charge < -0.3 is 10.2 Å². The number of anilines is 3. The van der Waals surface area contributed by atoms with Gasteiger partial charge in [0.15, 0.2) is 0 Å². The summed E-state index contributed by atoms with van der Waals surface area (Å²) in [6.45, 7) is 9.90. The van der Waals surface area contributed by atoms with Gasteiger partial charge in [-0.3, -0.25) is 0 Å². The van der Waals surface area contributed by atoms with Crippen molar-refractivity contribution in [2.45, 2.75) is 34.2 Å². The zero-order chi connectivity index (χ0) is 18.5. The number of rotatable bonds is 6. The van der Waals surface area contributed by atoms with Gasteiger partial charge in [-0.1, -0.05) is 42.0 Å². The fourth-order valence-corrected chi connectivity index (χ4v) is 2.93. The second kappa shape index (κ2) is 8.00. The average Bonchev–Trinajstić information content (AvgIpc) is 2.62. The molecule has 0 amide bonds. The zero-order valence-electron chi connectivity index (χ0n) is 16.0. The van der Waals surface area contributed by atoms with Crippen molar-refractivity contribution in [1.82, 2.24) is 9.97 Å². The van der Waals surface area contributed by atoms with Gasteiger partial charge in [-0.25, -0.2) is 4.98 Å². The van der Waals surface area contributed by atoms with E-state index in [2.05, 4.69) is 84.5 Å². The summed E-state index contributed by atoms with van der Waals surface area (Å²) in [6, 6.07) is 19.0. The Morgan fingerprint density at radius 3 is 2.35 bits per heavy atom. The molecule has 0 fully saturated rings. The molecule has 3 aromatic rings. The summed E-state index contributed by atoms with van der Waals surface area (Å²) in [5.41, 5.74) is 5.82. The van der Waals surface area contributed by atoms with Crippen LogP contribution in [0.3, 0.4) is 0 Å². The van der Waals surface area contributed by atoms with Crippen molar-refractivity contribution in [3.63, 3.8) is 0 Å². The van der Waals surface area contributed by atoms with Crippen molar-refractivity contribution in [2.75, 3.05) is 16.8 Å². The summed E-state index contributed by atoms with van der Waals surface area (Å²) in [4.78, 5) is 11.5. The molecule has 2 aromatic carbocycles. The number of aromatic nitrogens is 2. The highest BCUT2D eigenvalue weighted by Gasteiger charge is 2.11. The first-order valence-corrected chi connectivity index (χ1v) is 9.04. The summed E-state index contributed by atoms with van der Waals surface area (Å²) in [7, 11) is 0. The van der Waals surface area contributed by atoms with Crippen molar-refractivity contribution in [3.05, 3.63) is 77.0 Å². The Balaban J connectivity index is 1.83. The molecule has 26 heavy (non-hydrogen) atoms. The minimum Gasteiger partial charge on any atom is -0.350 e. The third kappa shape index (κ3) is 4.39. The van der Waals surface area contributed by atoms with Gasteiger partial charge in [0.1, 0.15) is 5.82 Å². The van der Waals surface area contributed by atoms with E-state index in [1.165, 1.54) is 16.7 Å². The van der Waals surface area contributed by atoms with Crippen LogP contribution in [0.2, 0.25) is 0 Å². The van der Waals surface area contributed by atoms with Crippen LogP contribution in [0.25, 0.3) is 0 Å². The highest BCUT2D eigenvalue weighted by Crippen LogP contribution is 2.25. The summed E-state index contributed by atoms with van der Waals surface area (Å²) < 4.78 is 0. The Morgan fingerprint density at radius 1 is 0.885 bits per heavy atom. The van der Waals surface area contributed by atoms with E-state index in [4.69, 9.17) is 4.98 Å². The smallest absolute Gasteiger partial charge is 0.225 e. The van der Waals surface area contributed by atoms with Crippen molar-refractivity contribution in [1.29, 1.82) is 0 Å². The fourth-order valence-electron chi connectivity index (χ4n) is 2.93. The standard InChI is InChI=1S/C22H26N4/c1-5-26(20-8-6-7-17(3)13-20)21-14-18(4)24-22(25-21)23-15-19-11-9-16(2)10-12-19/h6-14H,5,15H2,1-4H3,(H,23,24,25). The number of nitrogens with one attached hydrogen (secondary N) is 1. The van der Waals surface area contributed by atoms with Crippen LogP contribution >= 0.6 is 0 Å². The van der Waals surface area contributed by atoms with Crippen molar-refractivity contribution >= 4 is 17.5 Å². The van der Waals surface area contributed by atoms with Gasteiger partial charge in [-0.2, -0.15) is 4.98 Å². The molecular formula is C22H26N4. The van der Waals surface area contributed by atoms with E-state index in [0.29, 0.717) is 12.5 Å². The first-order valence-electron chi connectivity index (χ1n) is 9.04. The molecule has 1 N–H and O–H groups in total. The molecule has 0 spiro atoms. The lowest BCUT2D eigenvalue weighted by Crippen LogP contribution is -2.19. The van der Waals surface area contributed by atoms with Gasteiger partial charge in [-0.15, -0.1) is 0 Å². The molecule has 4 heteroatoms. The quantitative estimate of drug-likeness (QED) is 0.668. The summed E-state index contributed by atoms with van der Waals surface area (Å²) in [5.74, 6) is 1.57. The number of benzene rings is 2. The Morgan fingerprint density at radius 2 is 1.65 bits per heavy atom. The van der Waals surface area contributed by atoms with Gasteiger partial charge in [-0.05, 0) is 51.0 Å². The maximum Gasteiger partial charge on any atom is 0.225 e. The molecule has 0 saturated heterocycles. The third-order valence-electron chi connectivity index (χ3n) is 4.32. The van der Waals surface area contributed by atoms with Gasteiger partial charge in [0.25, 0.3) is 0 Å². The SMILES string of the molecule is CCN(c1cccc(C)c1)c1cc(C)nc(NCc2ccc(C)cc2)n1. The average molecular weight is 346 g/mol. The summed E-state index contributed by atoms with van der Waals surface area (Å²) >= 11 is 0. The first-order chi connectivity index (χ1) is 12.5. The normalized spacial score (nSPS) is 10.6. The number of aryl methyl sites for hydroxylation is 3. The Bertz CT molecular complexity index is 872. The fraction of sp³-hybridized carbons (Fsp3) is 0.273. The second-order valence-electron chi connectivity index (χ2n) is 6.61. The monoisotopic (exact) mass is 346 g/mol. The minimum atomic E-state index is 0.659. The summed E-state index contributed by atoms with van der Waals surface area (Å²) in [6.07, 6.45) is 0. The number of hydrogen-bond donors (Lipinski definition) is 1. The maximum atomic E-state index is 4.75. The van der Waals surface area contributed by atoms with Crippen LogP contribution in [0, 0.1) is 20.8 Å². The van der Waals surface area contributed by atoms with Crippen LogP contribution in [-0.2, 0) is 6.54 Å². The van der Waals surface area contributed by atoms with Crippen LogP contribution in [0.4, 0.5) is 17.5 Å². The lowest BCUT2D eigenvalue weighted by Gasteiger charge is -2.23. The predicted octanol–water partition coefficient (Wildman–Crippen LogP) is 5.17. The third-order valence-corrected chi connectivity index (χ3v) is 4.32. The molecule has 0 unspecified atom stereocenters. The van der Waals surface area contributed by atoms with Crippen LogP contribution in [0.1, 0.15) is 29.3 Å². The molecule has 0 aliphatic carbocycles. The summed E-state index contributed by atoms with van der Waals surface area (Å²) in [5, 5.41) is 3.35. The highest BCUT2D eigenvalue weighted by molar-refractivity contribution is 5.61.